The second-order valence-corrected chi connectivity index (χ2v) is 8.17. The Kier molecular flexibility index (Phi) is 6.19. The molecule has 0 saturated heterocycles. The topological polar surface area (TPSA) is 89.8 Å². The number of carbonyl (C=O) groups is 2. The van der Waals surface area contributed by atoms with E-state index in [1.165, 1.54) is 42.9 Å². The highest BCUT2D eigenvalue weighted by molar-refractivity contribution is 7.99. The number of carbonyl (C=O) groups excluding carboxylic acids is 2. The predicted octanol–water partition coefficient (Wildman–Crippen LogP) is 2.50. The van der Waals surface area contributed by atoms with E-state index < -0.39 is 0 Å². The minimum atomic E-state index is -0.0377. The molecule has 2 heterocycles. The first-order valence-corrected chi connectivity index (χ1v) is 10.2. The van der Waals surface area contributed by atoms with E-state index in [9.17, 15) is 9.59 Å². The Bertz CT molecular complexity index is 736. The summed E-state index contributed by atoms with van der Waals surface area (Å²) >= 11 is 2.89. The zero-order chi connectivity index (χ0) is 17.6. The maximum absolute atomic E-state index is 12.4. The molecule has 1 fully saturated rings. The fourth-order valence-corrected chi connectivity index (χ4v) is 4.75. The van der Waals surface area contributed by atoms with Crippen LogP contribution in [0.15, 0.2) is 17.3 Å². The number of nitrogens with zero attached hydrogens (tertiary/aromatic N) is 4. The average Bonchev–Trinajstić information content (AvgIpc) is 3.32. The molecule has 1 saturated carbocycles. The molecular formula is C16H21N5O2S2. The van der Waals surface area contributed by atoms with Crippen LogP contribution in [0.4, 0.5) is 0 Å². The van der Waals surface area contributed by atoms with Gasteiger partial charge in [-0.1, -0.05) is 24.6 Å². The number of hydrogen-bond donors (Lipinski definition) is 1. The lowest BCUT2D eigenvalue weighted by molar-refractivity contribution is -0.118. The standard InChI is InChI=1S/C16H21N5O2S2/c1-11(22)17-9-8-13-6-7-15(25-13)14(23)10-24-16-18-19-20-21(16)12-4-2-3-5-12/h6-7,12H,2-5,8-10H2,1H3,(H,17,22). The van der Waals surface area contributed by atoms with Gasteiger partial charge in [-0.15, -0.1) is 16.4 Å². The molecule has 9 heteroatoms. The number of Topliss-reactive ketones (excluding diaryl/α,β-unsaturated/α-hetero) is 1. The Balaban J connectivity index is 1.52. The molecule has 0 spiro atoms. The number of thioether (sulfide) groups is 1. The van der Waals surface area contributed by atoms with Crippen molar-refractivity contribution in [1.29, 1.82) is 0 Å². The molecule has 1 N–H and O–H groups in total. The summed E-state index contributed by atoms with van der Waals surface area (Å²) in [7, 11) is 0. The summed E-state index contributed by atoms with van der Waals surface area (Å²) in [6, 6.07) is 4.18. The zero-order valence-electron chi connectivity index (χ0n) is 14.1. The second-order valence-electron chi connectivity index (χ2n) is 6.06. The highest BCUT2D eigenvalue weighted by Gasteiger charge is 2.22. The molecule has 0 bridgehead atoms. The molecule has 25 heavy (non-hydrogen) atoms. The number of nitrogens with one attached hydrogen (secondary N) is 1. The van der Waals surface area contributed by atoms with Gasteiger partial charge in [-0.2, -0.15) is 0 Å². The van der Waals surface area contributed by atoms with Gasteiger partial charge in [0.2, 0.25) is 11.1 Å². The van der Waals surface area contributed by atoms with Crippen LogP contribution >= 0.6 is 23.1 Å². The molecule has 7 nitrogen and oxygen atoms in total. The molecule has 2 aromatic rings. The largest absolute Gasteiger partial charge is 0.356 e. The quantitative estimate of drug-likeness (QED) is 0.560. The van der Waals surface area contributed by atoms with Gasteiger partial charge in [-0.25, -0.2) is 4.68 Å². The van der Waals surface area contributed by atoms with Crippen molar-refractivity contribution in [2.24, 2.45) is 0 Å². The number of aromatic nitrogens is 4. The van der Waals surface area contributed by atoms with E-state index in [0.29, 0.717) is 18.3 Å². The minimum absolute atomic E-state index is 0.0377. The molecule has 1 amide bonds. The Labute approximate surface area is 154 Å². The Morgan fingerprint density at radius 1 is 1.36 bits per heavy atom. The van der Waals surface area contributed by atoms with E-state index in [0.717, 1.165) is 34.2 Å². The average molecular weight is 380 g/mol. The van der Waals surface area contributed by atoms with Crippen LogP contribution in [-0.4, -0.2) is 44.2 Å². The fourth-order valence-electron chi connectivity index (χ4n) is 2.88. The molecule has 0 aliphatic heterocycles. The Morgan fingerprint density at radius 3 is 2.92 bits per heavy atom. The molecule has 1 aliphatic rings. The van der Waals surface area contributed by atoms with Crippen molar-refractivity contribution in [2.75, 3.05) is 12.3 Å². The summed E-state index contributed by atoms with van der Waals surface area (Å²) < 4.78 is 1.87. The van der Waals surface area contributed by atoms with Gasteiger partial charge in [-0.05, 0) is 41.8 Å². The molecule has 3 rings (SSSR count). The molecule has 2 aromatic heterocycles. The monoisotopic (exact) mass is 379 g/mol. The molecule has 0 unspecified atom stereocenters. The van der Waals surface area contributed by atoms with E-state index in [1.54, 1.807) is 0 Å². The maximum atomic E-state index is 12.4. The van der Waals surface area contributed by atoms with Crippen LogP contribution in [0, 0.1) is 0 Å². The first-order chi connectivity index (χ1) is 12.1. The van der Waals surface area contributed by atoms with E-state index in [1.807, 2.05) is 16.8 Å². The molecular weight excluding hydrogens is 358 g/mol. The van der Waals surface area contributed by atoms with Gasteiger partial charge >= 0.3 is 0 Å². The maximum Gasteiger partial charge on any atom is 0.216 e. The van der Waals surface area contributed by atoms with Crippen LogP contribution in [0.5, 0.6) is 0 Å². The highest BCUT2D eigenvalue weighted by Crippen LogP contribution is 2.31. The van der Waals surface area contributed by atoms with Crippen LogP contribution in [0.3, 0.4) is 0 Å². The molecule has 1 aliphatic carbocycles. The van der Waals surface area contributed by atoms with E-state index in [4.69, 9.17) is 0 Å². The third kappa shape index (κ3) is 4.88. The number of tetrazole rings is 1. The van der Waals surface area contributed by atoms with Gasteiger partial charge in [-0.3, -0.25) is 9.59 Å². The number of hydrogen-bond acceptors (Lipinski definition) is 7. The van der Waals surface area contributed by atoms with Crippen LogP contribution in [0.1, 0.15) is 53.2 Å². The molecule has 0 aromatic carbocycles. The van der Waals surface area contributed by atoms with Crippen LogP contribution in [0.25, 0.3) is 0 Å². The fraction of sp³-hybridized carbons (Fsp3) is 0.562. The van der Waals surface area contributed by atoms with Gasteiger partial charge in [0.1, 0.15) is 0 Å². The Morgan fingerprint density at radius 2 is 2.16 bits per heavy atom. The number of ketones is 1. The van der Waals surface area contributed by atoms with Gasteiger partial charge in [0.25, 0.3) is 0 Å². The van der Waals surface area contributed by atoms with Gasteiger partial charge in [0, 0.05) is 18.3 Å². The summed E-state index contributed by atoms with van der Waals surface area (Å²) in [5.41, 5.74) is 0. The number of amides is 1. The molecule has 0 radical (unpaired) electrons. The van der Waals surface area contributed by atoms with Gasteiger partial charge < -0.3 is 5.32 Å². The van der Waals surface area contributed by atoms with Crippen LogP contribution < -0.4 is 5.32 Å². The number of thiophene rings is 1. The third-order valence-electron chi connectivity index (χ3n) is 4.15. The summed E-state index contributed by atoms with van der Waals surface area (Å²) in [6.07, 6.45) is 5.38. The van der Waals surface area contributed by atoms with Crippen molar-refractivity contribution in [3.05, 3.63) is 21.9 Å². The van der Waals surface area contributed by atoms with Crippen molar-refractivity contribution in [2.45, 2.75) is 50.2 Å². The predicted molar refractivity (Wildman–Crippen MR) is 97.1 cm³/mol. The zero-order valence-corrected chi connectivity index (χ0v) is 15.7. The molecule has 0 atom stereocenters. The smallest absolute Gasteiger partial charge is 0.216 e. The van der Waals surface area contributed by atoms with Crippen molar-refractivity contribution in [3.63, 3.8) is 0 Å². The summed E-state index contributed by atoms with van der Waals surface area (Å²) in [6.45, 7) is 2.09. The van der Waals surface area contributed by atoms with E-state index >= 15 is 0 Å². The Hall–Kier alpha value is -1.74. The minimum Gasteiger partial charge on any atom is -0.356 e. The normalized spacial score (nSPS) is 14.8. The van der Waals surface area contributed by atoms with Crippen molar-refractivity contribution in [3.8, 4) is 0 Å². The van der Waals surface area contributed by atoms with Crippen LogP contribution in [-0.2, 0) is 11.2 Å². The lowest BCUT2D eigenvalue weighted by Crippen LogP contribution is -2.22. The van der Waals surface area contributed by atoms with Gasteiger partial charge in [0.15, 0.2) is 5.78 Å². The van der Waals surface area contributed by atoms with Gasteiger partial charge in [0.05, 0.1) is 16.7 Å². The first kappa shape index (κ1) is 18.1. The van der Waals surface area contributed by atoms with Crippen molar-refractivity contribution < 1.29 is 9.59 Å². The summed E-state index contributed by atoms with van der Waals surface area (Å²) in [5.74, 6) is 0.379. The van der Waals surface area contributed by atoms with Crippen LogP contribution in [0.2, 0.25) is 0 Å². The first-order valence-electron chi connectivity index (χ1n) is 8.40. The highest BCUT2D eigenvalue weighted by atomic mass is 32.2. The molecule has 134 valence electrons. The SMILES string of the molecule is CC(=O)NCCc1ccc(C(=O)CSc2nnnn2C2CCCC2)s1. The van der Waals surface area contributed by atoms with Crippen molar-refractivity contribution in [1.82, 2.24) is 25.5 Å². The summed E-state index contributed by atoms with van der Waals surface area (Å²) in [4.78, 5) is 25.1. The third-order valence-corrected chi connectivity index (χ3v) is 6.27. The van der Waals surface area contributed by atoms with Crippen molar-refractivity contribution >= 4 is 34.8 Å². The summed E-state index contributed by atoms with van der Waals surface area (Å²) in [5, 5.41) is 15.4. The lowest BCUT2D eigenvalue weighted by Gasteiger charge is -2.10. The lowest BCUT2D eigenvalue weighted by atomic mass is 10.3. The second kappa shape index (κ2) is 8.57. The van der Waals surface area contributed by atoms with E-state index in [2.05, 4.69) is 20.8 Å². The number of rotatable bonds is 8. The van der Waals surface area contributed by atoms with E-state index in [-0.39, 0.29) is 11.7 Å².